The predicted octanol–water partition coefficient (Wildman–Crippen LogP) is 2.82. The summed E-state index contributed by atoms with van der Waals surface area (Å²) in [5.74, 6) is 0.548. The first-order valence-corrected chi connectivity index (χ1v) is 10.6. The van der Waals surface area contributed by atoms with E-state index < -0.39 is 11.5 Å². The third kappa shape index (κ3) is 2.92. The topological polar surface area (TPSA) is 107 Å². The highest BCUT2D eigenvalue weighted by Gasteiger charge is 2.48. The molecule has 0 aliphatic carbocycles. The molecule has 1 spiro atoms. The quantitative estimate of drug-likeness (QED) is 0.575. The lowest BCUT2D eigenvalue weighted by molar-refractivity contribution is 0.0131. The van der Waals surface area contributed by atoms with Gasteiger partial charge in [0.15, 0.2) is 16.3 Å². The van der Waals surface area contributed by atoms with Crippen LogP contribution < -0.4 is 24.8 Å². The molecule has 0 radical (unpaired) electrons. The van der Waals surface area contributed by atoms with Crippen molar-refractivity contribution in [3.63, 3.8) is 0 Å². The summed E-state index contributed by atoms with van der Waals surface area (Å²) in [5.41, 5.74) is 1.33. The molecule has 30 heavy (non-hydrogen) atoms. The number of hydrogen-bond donors (Lipinski definition) is 2. The maximum absolute atomic E-state index is 13.0. The number of carbonyl (C=O) groups is 1. The molecular formula is C19H16BrN5O4S. The number of anilines is 1. The van der Waals surface area contributed by atoms with Crippen molar-refractivity contribution < 1.29 is 19.0 Å². The number of amides is 1. The summed E-state index contributed by atoms with van der Waals surface area (Å²) in [6.07, 6.45) is 1.27. The normalized spacial score (nSPS) is 15.4. The molecular weight excluding hydrogens is 474 g/mol. The number of aromatic nitrogens is 3. The van der Waals surface area contributed by atoms with Gasteiger partial charge in [0.1, 0.15) is 12.1 Å². The molecule has 5 rings (SSSR count). The molecule has 2 N–H and O–H groups in total. The van der Waals surface area contributed by atoms with Crippen LogP contribution in [0.15, 0.2) is 29.0 Å². The zero-order chi connectivity index (χ0) is 20.9. The highest BCUT2D eigenvalue weighted by molar-refractivity contribution is 9.10. The minimum atomic E-state index is -0.477. The number of halogens is 1. The Morgan fingerprint density at radius 1 is 1.27 bits per heavy atom. The minimum absolute atomic E-state index is 0.108. The van der Waals surface area contributed by atoms with Crippen molar-refractivity contribution in [1.82, 2.24) is 20.3 Å². The van der Waals surface area contributed by atoms with Crippen LogP contribution in [-0.2, 0) is 5.60 Å². The lowest BCUT2D eigenvalue weighted by atomic mass is 9.89. The third-order valence-electron chi connectivity index (χ3n) is 4.98. The summed E-state index contributed by atoms with van der Waals surface area (Å²) < 4.78 is 17.7. The number of carbonyl (C=O) groups excluding carboxylic acids is 1. The summed E-state index contributed by atoms with van der Waals surface area (Å²) in [6.45, 7) is 1.35. The summed E-state index contributed by atoms with van der Waals surface area (Å²) in [4.78, 5) is 26.7. The largest absolute Gasteiger partial charge is 0.480 e. The van der Waals surface area contributed by atoms with Gasteiger partial charge in [0.2, 0.25) is 11.8 Å². The van der Waals surface area contributed by atoms with Gasteiger partial charge in [0.25, 0.3) is 5.91 Å². The standard InChI is InChI=1S/C19H16BrN5O4S/c1-27-16-12(17(28-2)23-8-22-16)15(26)25-18-24-13-10-4-3-9(20)5-11(10)29-19(6-21-7-19)14(13)30-18/h3-5,8,21H,6-7H2,1-2H3,(H,24,25,26). The molecule has 11 heteroatoms. The lowest BCUT2D eigenvalue weighted by Gasteiger charge is -2.44. The van der Waals surface area contributed by atoms with Crippen LogP contribution in [0.1, 0.15) is 15.2 Å². The van der Waals surface area contributed by atoms with Crippen molar-refractivity contribution in [3.05, 3.63) is 39.4 Å². The molecule has 4 heterocycles. The SMILES string of the molecule is COc1ncnc(OC)c1C(=O)Nc1nc2c(s1)C1(CNC1)Oc1cc(Br)ccc1-2. The van der Waals surface area contributed by atoms with Gasteiger partial charge in [-0.15, -0.1) is 0 Å². The number of benzene rings is 1. The van der Waals surface area contributed by atoms with E-state index in [4.69, 9.17) is 19.2 Å². The second-order valence-corrected chi connectivity index (χ2v) is 8.67. The number of ether oxygens (including phenoxy) is 3. The van der Waals surface area contributed by atoms with Crippen LogP contribution in [0.2, 0.25) is 0 Å². The molecule has 1 aromatic carbocycles. The van der Waals surface area contributed by atoms with Crippen molar-refractivity contribution in [3.8, 4) is 28.8 Å². The van der Waals surface area contributed by atoms with Crippen molar-refractivity contribution >= 4 is 38.3 Å². The second kappa shape index (κ2) is 7.18. The number of fused-ring (bicyclic) bond motifs is 4. The lowest BCUT2D eigenvalue weighted by Crippen LogP contribution is -2.61. The van der Waals surface area contributed by atoms with Crippen LogP contribution in [0.3, 0.4) is 0 Å². The van der Waals surface area contributed by atoms with Gasteiger partial charge in [0.05, 0.1) is 24.8 Å². The number of hydrogen-bond acceptors (Lipinski definition) is 9. The Morgan fingerprint density at radius 3 is 2.63 bits per heavy atom. The number of rotatable bonds is 4. The minimum Gasteiger partial charge on any atom is -0.480 e. The van der Waals surface area contributed by atoms with Gasteiger partial charge < -0.3 is 19.5 Å². The predicted molar refractivity (Wildman–Crippen MR) is 114 cm³/mol. The molecule has 154 valence electrons. The van der Waals surface area contributed by atoms with Gasteiger partial charge in [-0.05, 0) is 18.2 Å². The van der Waals surface area contributed by atoms with Gasteiger partial charge in [-0.1, -0.05) is 27.3 Å². The van der Waals surface area contributed by atoms with Crippen LogP contribution in [0, 0.1) is 0 Å². The summed E-state index contributed by atoms with van der Waals surface area (Å²) in [6, 6.07) is 5.84. The Labute approximate surface area is 183 Å². The fraction of sp³-hybridized carbons (Fsp3) is 0.263. The maximum atomic E-state index is 13.0. The van der Waals surface area contributed by atoms with E-state index in [0.717, 1.165) is 26.4 Å². The number of nitrogens with one attached hydrogen (secondary N) is 2. The van der Waals surface area contributed by atoms with E-state index in [1.807, 2.05) is 18.2 Å². The van der Waals surface area contributed by atoms with Crippen LogP contribution in [-0.4, -0.2) is 48.2 Å². The molecule has 1 fully saturated rings. The summed E-state index contributed by atoms with van der Waals surface area (Å²) in [7, 11) is 2.86. The average Bonchev–Trinajstić information content (AvgIpc) is 3.14. The Kier molecular flexibility index (Phi) is 4.60. The molecule has 1 saturated heterocycles. The Morgan fingerprint density at radius 2 is 2.00 bits per heavy atom. The molecule has 0 saturated carbocycles. The van der Waals surface area contributed by atoms with Crippen molar-refractivity contribution in [2.75, 3.05) is 32.6 Å². The molecule has 0 unspecified atom stereocenters. The van der Waals surface area contributed by atoms with E-state index in [2.05, 4.69) is 36.5 Å². The van der Waals surface area contributed by atoms with Crippen LogP contribution >= 0.6 is 27.3 Å². The molecule has 1 amide bonds. The Bertz CT molecular complexity index is 1140. The smallest absolute Gasteiger partial charge is 0.268 e. The first-order valence-electron chi connectivity index (χ1n) is 9.00. The zero-order valence-electron chi connectivity index (χ0n) is 16.0. The molecule has 9 nitrogen and oxygen atoms in total. The molecule has 3 aromatic rings. The van der Waals surface area contributed by atoms with E-state index in [1.54, 1.807) is 0 Å². The second-order valence-electron chi connectivity index (χ2n) is 6.76. The highest BCUT2D eigenvalue weighted by Crippen LogP contribution is 2.50. The van der Waals surface area contributed by atoms with E-state index in [1.165, 1.54) is 31.9 Å². The Hall–Kier alpha value is -2.76. The highest BCUT2D eigenvalue weighted by atomic mass is 79.9. The fourth-order valence-corrected chi connectivity index (χ4v) is 4.94. The molecule has 2 aliphatic rings. The number of nitrogens with zero attached hydrogens (tertiary/aromatic N) is 3. The average molecular weight is 490 g/mol. The van der Waals surface area contributed by atoms with E-state index in [9.17, 15) is 4.79 Å². The van der Waals surface area contributed by atoms with Gasteiger partial charge >= 0.3 is 0 Å². The van der Waals surface area contributed by atoms with Crippen molar-refractivity contribution in [2.24, 2.45) is 0 Å². The van der Waals surface area contributed by atoms with Gasteiger partial charge in [-0.25, -0.2) is 15.0 Å². The molecule has 0 atom stereocenters. The first kappa shape index (κ1) is 19.2. The monoisotopic (exact) mass is 489 g/mol. The fourth-order valence-electron chi connectivity index (χ4n) is 3.50. The van der Waals surface area contributed by atoms with Gasteiger partial charge in [-0.3, -0.25) is 10.1 Å². The third-order valence-corrected chi connectivity index (χ3v) is 6.63. The van der Waals surface area contributed by atoms with Crippen molar-refractivity contribution in [2.45, 2.75) is 5.60 Å². The molecule has 2 aliphatic heterocycles. The van der Waals surface area contributed by atoms with E-state index in [0.29, 0.717) is 18.2 Å². The first-order chi connectivity index (χ1) is 14.5. The van der Waals surface area contributed by atoms with Crippen molar-refractivity contribution in [1.29, 1.82) is 0 Å². The van der Waals surface area contributed by atoms with Crippen LogP contribution in [0.5, 0.6) is 17.5 Å². The number of thiazole rings is 1. The van der Waals surface area contributed by atoms with Crippen LogP contribution in [0.25, 0.3) is 11.3 Å². The number of methoxy groups -OCH3 is 2. The van der Waals surface area contributed by atoms with E-state index in [-0.39, 0.29) is 17.3 Å². The Balaban J connectivity index is 1.54. The molecule has 2 aromatic heterocycles. The van der Waals surface area contributed by atoms with Gasteiger partial charge in [-0.2, -0.15) is 0 Å². The summed E-state index contributed by atoms with van der Waals surface area (Å²) in [5, 5.41) is 6.55. The van der Waals surface area contributed by atoms with E-state index >= 15 is 0 Å². The summed E-state index contributed by atoms with van der Waals surface area (Å²) >= 11 is 4.89. The van der Waals surface area contributed by atoms with Crippen LogP contribution in [0.4, 0.5) is 5.13 Å². The molecule has 0 bridgehead atoms. The van der Waals surface area contributed by atoms with Gasteiger partial charge in [0, 0.05) is 23.1 Å². The zero-order valence-corrected chi connectivity index (χ0v) is 18.4. The maximum Gasteiger partial charge on any atom is 0.268 e.